The molecule has 0 aliphatic carbocycles. The number of nitrogens with two attached hydrogens (primary N) is 1. The molecule has 0 spiro atoms. The van der Waals surface area contributed by atoms with Gasteiger partial charge in [-0.2, -0.15) is 0 Å². The molecule has 5 nitrogen and oxygen atoms in total. The minimum absolute atomic E-state index is 0.00520. The number of aryl methyl sites for hydroxylation is 1. The summed E-state index contributed by atoms with van der Waals surface area (Å²) in [6, 6.07) is 6.16. The number of nitrogens with zero attached hydrogens (tertiary/aromatic N) is 2. The van der Waals surface area contributed by atoms with E-state index in [1.54, 1.807) is 13.0 Å². The van der Waals surface area contributed by atoms with Crippen molar-refractivity contribution in [3.8, 4) is 0 Å². The number of benzene rings is 1. The van der Waals surface area contributed by atoms with Gasteiger partial charge in [-0.25, -0.2) is 8.78 Å². The van der Waals surface area contributed by atoms with Crippen LogP contribution in [0.4, 0.5) is 8.78 Å². The number of aromatic nitrogens is 1. The summed E-state index contributed by atoms with van der Waals surface area (Å²) >= 11 is 0. The van der Waals surface area contributed by atoms with Crippen LogP contribution in [-0.2, 0) is 6.54 Å². The van der Waals surface area contributed by atoms with E-state index >= 15 is 0 Å². The number of oxime groups is 1. The Bertz CT molecular complexity index is 769. The van der Waals surface area contributed by atoms with Crippen LogP contribution in [0.25, 0.3) is 0 Å². The molecule has 0 aliphatic rings. The Balaban J connectivity index is 2.51. The van der Waals surface area contributed by atoms with Gasteiger partial charge in [0.05, 0.1) is 12.1 Å². The van der Waals surface area contributed by atoms with E-state index in [1.165, 1.54) is 16.7 Å². The van der Waals surface area contributed by atoms with Crippen LogP contribution in [0.3, 0.4) is 0 Å². The molecule has 21 heavy (non-hydrogen) atoms. The van der Waals surface area contributed by atoms with Gasteiger partial charge in [-0.1, -0.05) is 11.2 Å². The van der Waals surface area contributed by atoms with Gasteiger partial charge in [0.25, 0.3) is 5.56 Å². The average molecular weight is 293 g/mol. The second-order valence-corrected chi connectivity index (χ2v) is 4.50. The zero-order chi connectivity index (χ0) is 15.6. The Labute approximate surface area is 118 Å². The quantitative estimate of drug-likeness (QED) is 0.390. The maximum atomic E-state index is 13.7. The van der Waals surface area contributed by atoms with Crippen LogP contribution in [0.15, 0.2) is 40.3 Å². The molecule has 1 heterocycles. The molecule has 0 saturated carbocycles. The molecule has 110 valence electrons. The largest absolute Gasteiger partial charge is 0.409 e. The molecule has 1 aromatic heterocycles. The molecule has 7 heteroatoms. The fourth-order valence-corrected chi connectivity index (χ4v) is 1.94. The molecule has 0 saturated heterocycles. The van der Waals surface area contributed by atoms with Gasteiger partial charge >= 0.3 is 0 Å². The van der Waals surface area contributed by atoms with E-state index in [1.807, 2.05) is 0 Å². The van der Waals surface area contributed by atoms with Crippen LogP contribution in [0, 0.1) is 18.6 Å². The zero-order valence-corrected chi connectivity index (χ0v) is 11.2. The first-order valence-electron chi connectivity index (χ1n) is 6.06. The van der Waals surface area contributed by atoms with Crippen LogP contribution in [0.5, 0.6) is 0 Å². The van der Waals surface area contributed by atoms with Crippen molar-refractivity contribution in [3.63, 3.8) is 0 Å². The van der Waals surface area contributed by atoms with Gasteiger partial charge < -0.3 is 15.5 Å². The van der Waals surface area contributed by atoms with Crippen molar-refractivity contribution in [3.05, 3.63) is 69.1 Å². The molecule has 0 aliphatic heterocycles. The van der Waals surface area contributed by atoms with Gasteiger partial charge in [-0.15, -0.1) is 0 Å². The van der Waals surface area contributed by atoms with Crippen LogP contribution in [0.1, 0.15) is 16.8 Å². The van der Waals surface area contributed by atoms with E-state index in [0.29, 0.717) is 5.69 Å². The molecular formula is C14H13F2N3O2. The van der Waals surface area contributed by atoms with Crippen LogP contribution < -0.4 is 11.3 Å². The predicted molar refractivity (Wildman–Crippen MR) is 73.4 cm³/mol. The van der Waals surface area contributed by atoms with E-state index in [2.05, 4.69) is 5.16 Å². The number of amidine groups is 1. The summed E-state index contributed by atoms with van der Waals surface area (Å²) in [5.74, 6) is -1.76. The fraction of sp³-hybridized carbons (Fsp3) is 0.143. The normalized spacial score (nSPS) is 11.7. The fourth-order valence-electron chi connectivity index (χ4n) is 1.94. The van der Waals surface area contributed by atoms with Crippen LogP contribution >= 0.6 is 0 Å². The van der Waals surface area contributed by atoms with Crippen molar-refractivity contribution in [2.75, 3.05) is 0 Å². The SMILES string of the molecule is Cc1ccc(/C(N)=N/O)c(=O)n1Cc1ccc(F)cc1F. The smallest absolute Gasteiger partial charge is 0.262 e. The maximum absolute atomic E-state index is 13.7. The minimum atomic E-state index is -0.740. The maximum Gasteiger partial charge on any atom is 0.262 e. The Hall–Kier alpha value is -2.70. The van der Waals surface area contributed by atoms with Crippen molar-refractivity contribution in [2.45, 2.75) is 13.5 Å². The van der Waals surface area contributed by atoms with Gasteiger partial charge in [0.15, 0.2) is 5.84 Å². The molecule has 2 aromatic rings. The van der Waals surface area contributed by atoms with Crippen LogP contribution in [-0.4, -0.2) is 15.6 Å². The second-order valence-electron chi connectivity index (χ2n) is 4.50. The average Bonchev–Trinajstić information content (AvgIpc) is 2.44. The first-order chi connectivity index (χ1) is 9.93. The molecule has 0 radical (unpaired) electrons. The Morgan fingerprint density at radius 1 is 1.33 bits per heavy atom. The van der Waals surface area contributed by atoms with E-state index in [9.17, 15) is 13.6 Å². The lowest BCUT2D eigenvalue weighted by molar-refractivity contribution is 0.318. The molecule has 0 fully saturated rings. The zero-order valence-electron chi connectivity index (χ0n) is 11.2. The topological polar surface area (TPSA) is 80.6 Å². The highest BCUT2D eigenvalue weighted by molar-refractivity contribution is 5.96. The summed E-state index contributed by atoms with van der Waals surface area (Å²) in [5, 5.41) is 11.4. The second kappa shape index (κ2) is 5.74. The van der Waals surface area contributed by atoms with Crippen LogP contribution in [0.2, 0.25) is 0 Å². The van der Waals surface area contributed by atoms with Crippen molar-refractivity contribution in [2.24, 2.45) is 10.9 Å². The third-order valence-electron chi connectivity index (χ3n) is 3.12. The molecule has 2 rings (SSSR count). The number of hydrogen-bond acceptors (Lipinski definition) is 3. The lowest BCUT2D eigenvalue weighted by atomic mass is 10.1. The van der Waals surface area contributed by atoms with Gasteiger partial charge in [0.2, 0.25) is 0 Å². The third kappa shape index (κ3) is 2.91. The van der Waals surface area contributed by atoms with E-state index in [4.69, 9.17) is 10.9 Å². The van der Waals surface area contributed by atoms with Crippen molar-refractivity contribution in [1.82, 2.24) is 4.57 Å². The lowest BCUT2D eigenvalue weighted by Crippen LogP contribution is -2.31. The molecule has 3 N–H and O–H groups in total. The molecule has 0 bridgehead atoms. The molecular weight excluding hydrogens is 280 g/mol. The summed E-state index contributed by atoms with van der Waals surface area (Å²) in [7, 11) is 0. The number of halogens is 2. The van der Waals surface area contributed by atoms with Gasteiger partial charge in [0.1, 0.15) is 11.6 Å². The van der Waals surface area contributed by atoms with Gasteiger partial charge in [-0.05, 0) is 25.1 Å². The van der Waals surface area contributed by atoms with Crippen molar-refractivity contribution < 1.29 is 14.0 Å². The Morgan fingerprint density at radius 2 is 2.05 bits per heavy atom. The van der Waals surface area contributed by atoms with E-state index in [-0.39, 0.29) is 23.5 Å². The van der Waals surface area contributed by atoms with Gasteiger partial charge in [0, 0.05) is 17.3 Å². The third-order valence-corrected chi connectivity index (χ3v) is 3.12. The highest BCUT2D eigenvalue weighted by atomic mass is 19.1. The Kier molecular flexibility index (Phi) is 4.02. The predicted octanol–water partition coefficient (Wildman–Crippen LogP) is 1.58. The highest BCUT2D eigenvalue weighted by Gasteiger charge is 2.12. The summed E-state index contributed by atoms with van der Waals surface area (Å²) in [6.45, 7) is 1.59. The minimum Gasteiger partial charge on any atom is -0.409 e. The van der Waals surface area contributed by atoms with E-state index in [0.717, 1.165) is 12.1 Å². The molecule has 0 amide bonds. The number of pyridine rings is 1. The Morgan fingerprint density at radius 3 is 2.67 bits per heavy atom. The van der Waals surface area contributed by atoms with Crippen molar-refractivity contribution >= 4 is 5.84 Å². The monoisotopic (exact) mass is 293 g/mol. The number of rotatable bonds is 3. The highest BCUT2D eigenvalue weighted by Crippen LogP contribution is 2.11. The molecule has 0 atom stereocenters. The van der Waals surface area contributed by atoms with E-state index < -0.39 is 17.2 Å². The first-order valence-corrected chi connectivity index (χ1v) is 6.06. The summed E-state index contributed by atoms with van der Waals surface area (Å²) in [5.41, 5.74) is 5.64. The standard InChI is InChI=1S/C14H13F2N3O2/c1-8-2-5-11(13(17)18-21)14(20)19(8)7-9-3-4-10(15)6-12(9)16/h2-6,21H,7H2,1H3,(H2,17,18). The lowest BCUT2D eigenvalue weighted by Gasteiger charge is -2.12. The summed E-state index contributed by atoms with van der Waals surface area (Å²) in [4.78, 5) is 12.3. The summed E-state index contributed by atoms with van der Waals surface area (Å²) in [6.07, 6.45) is 0. The first kappa shape index (κ1) is 14.7. The molecule has 0 unspecified atom stereocenters. The molecule has 1 aromatic carbocycles. The number of hydrogen-bond donors (Lipinski definition) is 2. The summed E-state index contributed by atoms with van der Waals surface area (Å²) < 4.78 is 27.8. The van der Waals surface area contributed by atoms with Crippen molar-refractivity contribution in [1.29, 1.82) is 0 Å². The van der Waals surface area contributed by atoms with Gasteiger partial charge in [-0.3, -0.25) is 4.79 Å².